The SMILES string of the molecule is O=C(CC12CC3CC(CC(CO)(C3)C1)C2)OC(CS(=O)(=O)O)(C(F)(F)F)C(F)(F)F. The molecule has 0 aromatic carbocycles. The molecule has 4 rings (SSSR count). The summed E-state index contributed by atoms with van der Waals surface area (Å²) in [6.07, 6.45) is -10.1. The first-order valence-corrected chi connectivity index (χ1v) is 11.0. The molecule has 2 atom stereocenters. The summed E-state index contributed by atoms with van der Waals surface area (Å²) in [6.45, 7) is -0.186. The first-order chi connectivity index (χ1) is 13.4. The Bertz CT molecular complexity index is 777. The van der Waals surface area contributed by atoms with Crippen LogP contribution in [0.5, 0.6) is 0 Å². The van der Waals surface area contributed by atoms with E-state index in [1.54, 1.807) is 0 Å². The number of hydrogen-bond donors (Lipinski definition) is 2. The molecule has 0 spiro atoms. The third kappa shape index (κ3) is 4.16. The van der Waals surface area contributed by atoms with Crippen LogP contribution in [0.2, 0.25) is 0 Å². The summed E-state index contributed by atoms with van der Waals surface area (Å²) in [5.74, 6) is -4.49. The van der Waals surface area contributed by atoms with E-state index in [0.717, 1.165) is 6.42 Å². The normalized spacial score (nSPS) is 34.3. The number of ether oxygens (including phenoxy) is 1. The Morgan fingerprint density at radius 1 is 0.967 bits per heavy atom. The molecule has 2 unspecified atom stereocenters. The molecule has 0 heterocycles. The first-order valence-electron chi connectivity index (χ1n) is 9.35. The van der Waals surface area contributed by atoms with Crippen LogP contribution < -0.4 is 0 Å². The van der Waals surface area contributed by atoms with Crippen LogP contribution in [-0.2, 0) is 19.6 Å². The summed E-state index contributed by atoms with van der Waals surface area (Å²) in [6, 6.07) is 0. The predicted molar refractivity (Wildman–Crippen MR) is 88.6 cm³/mol. The predicted octanol–water partition coefficient (Wildman–Crippen LogP) is 3.25. The van der Waals surface area contributed by atoms with Crippen molar-refractivity contribution in [1.82, 2.24) is 0 Å². The maximum Gasteiger partial charge on any atom is 0.438 e. The lowest BCUT2D eigenvalue weighted by Gasteiger charge is -2.61. The average Bonchev–Trinajstić information content (AvgIpc) is 2.48. The number of hydrogen-bond acceptors (Lipinski definition) is 5. The van der Waals surface area contributed by atoms with E-state index in [4.69, 9.17) is 4.55 Å². The van der Waals surface area contributed by atoms with Crippen molar-refractivity contribution in [1.29, 1.82) is 0 Å². The Morgan fingerprint density at radius 3 is 1.83 bits per heavy atom. The maximum absolute atomic E-state index is 13.4. The Morgan fingerprint density at radius 2 is 1.43 bits per heavy atom. The second kappa shape index (κ2) is 6.96. The molecule has 4 bridgehead atoms. The fourth-order valence-electron chi connectivity index (χ4n) is 6.30. The van der Waals surface area contributed by atoms with E-state index in [2.05, 4.69) is 4.74 Å². The lowest BCUT2D eigenvalue weighted by molar-refractivity contribution is -0.362. The van der Waals surface area contributed by atoms with Gasteiger partial charge in [-0.1, -0.05) is 0 Å². The minimum atomic E-state index is -6.33. The van der Waals surface area contributed by atoms with Crippen LogP contribution in [-0.4, -0.2) is 54.4 Å². The van der Waals surface area contributed by atoms with E-state index in [9.17, 15) is 44.7 Å². The van der Waals surface area contributed by atoms with Gasteiger partial charge in [0.2, 0.25) is 0 Å². The molecule has 13 heteroatoms. The lowest BCUT2D eigenvalue weighted by atomic mass is 9.44. The second-order valence-electron chi connectivity index (χ2n) is 9.32. The maximum atomic E-state index is 13.4. The monoisotopic (exact) mass is 468 g/mol. The fraction of sp³-hybridized carbons (Fsp3) is 0.941. The Labute approximate surface area is 168 Å². The third-order valence-corrected chi connectivity index (χ3v) is 7.52. The zero-order chi connectivity index (χ0) is 22.8. The van der Waals surface area contributed by atoms with E-state index >= 15 is 0 Å². The number of aliphatic hydroxyl groups is 1. The fourth-order valence-corrected chi connectivity index (χ4v) is 7.20. The van der Waals surface area contributed by atoms with Crippen LogP contribution >= 0.6 is 0 Å². The number of carbonyl (C=O) groups excluding carboxylic acids is 1. The Hall–Kier alpha value is -1.08. The van der Waals surface area contributed by atoms with Gasteiger partial charge in [0.25, 0.3) is 10.1 Å². The van der Waals surface area contributed by atoms with E-state index in [1.165, 1.54) is 0 Å². The third-order valence-electron chi connectivity index (χ3n) is 6.75. The van der Waals surface area contributed by atoms with Crippen LogP contribution in [0, 0.1) is 22.7 Å². The second-order valence-corrected chi connectivity index (χ2v) is 10.8. The number of rotatable bonds is 6. The van der Waals surface area contributed by atoms with Gasteiger partial charge in [-0.05, 0) is 61.2 Å². The lowest BCUT2D eigenvalue weighted by Crippen LogP contribution is -2.63. The largest absolute Gasteiger partial charge is 0.438 e. The van der Waals surface area contributed by atoms with Crippen LogP contribution in [0.4, 0.5) is 26.3 Å². The Balaban J connectivity index is 1.88. The number of halogens is 6. The zero-order valence-corrected chi connectivity index (χ0v) is 16.5. The van der Waals surface area contributed by atoms with Gasteiger partial charge in [0.1, 0.15) is 5.75 Å². The van der Waals surface area contributed by atoms with Crippen LogP contribution in [0.1, 0.15) is 44.9 Å². The van der Waals surface area contributed by atoms with Gasteiger partial charge in [-0.15, -0.1) is 0 Å². The van der Waals surface area contributed by atoms with E-state index < -0.39 is 57.0 Å². The molecule has 0 aliphatic heterocycles. The van der Waals surface area contributed by atoms with Crippen LogP contribution in [0.25, 0.3) is 0 Å². The van der Waals surface area contributed by atoms with Crippen molar-refractivity contribution >= 4 is 16.1 Å². The average molecular weight is 468 g/mol. The zero-order valence-electron chi connectivity index (χ0n) is 15.7. The Kier molecular flexibility index (Phi) is 5.47. The van der Waals surface area contributed by atoms with Gasteiger partial charge in [-0.2, -0.15) is 34.8 Å². The molecule has 0 aromatic heterocycles. The van der Waals surface area contributed by atoms with Crippen molar-refractivity contribution in [2.24, 2.45) is 22.7 Å². The summed E-state index contributed by atoms with van der Waals surface area (Å²) in [5, 5.41) is 9.80. The quantitative estimate of drug-likeness (QED) is 0.353. The molecule has 4 aliphatic carbocycles. The summed E-state index contributed by atoms with van der Waals surface area (Å²) in [4.78, 5) is 12.4. The highest BCUT2D eigenvalue weighted by Gasteiger charge is 2.76. The van der Waals surface area contributed by atoms with Gasteiger partial charge in [0.15, 0.2) is 0 Å². The molecule has 2 N–H and O–H groups in total. The molecular formula is C17H22F6O6S. The molecule has 0 aromatic rings. The summed E-state index contributed by atoms with van der Waals surface area (Å²) >= 11 is 0. The first kappa shape index (κ1) is 23.6. The molecule has 0 radical (unpaired) electrons. The topological polar surface area (TPSA) is 101 Å². The molecule has 0 saturated heterocycles. The van der Waals surface area contributed by atoms with Gasteiger partial charge in [0.05, 0.1) is 6.42 Å². The van der Waals surface area contributed by atoms with Crippen LogP contribution in [0.15, 0.2) is 0 Å². The van der Waals surface area contributed by atoms with Gasteiger partial charge >= 0.3 is 23.9 Å². The number of aliphatic hydroxyl groups excluding tert-OH is 1. The minimum Gasteiger partial charge on any atom is -0.438 e. The summed E-state index contributed by atoms with van der Waals surface area (Å²) in [7, 11) is -5.81. The highest BCUT2D eigenvalue weighted by atomic mass is 32.2. The smallest absolute Gasteiger partial charge is 0.438 e. The standard InChI is InChI=1S/C17H22F6O6S/c18-16(19,20)15(17(21,22)23,9-30(26,27)28)29-12(25)6-13-2-10-1-11(3-13)5-14(4-10,7-13)8-24/h10-11,24H,1-9H2,(H,26,27,28). The number of esters is 1. The van der Waals surface area contributed by atoms with Crippen molar-refractivity contribution in [2.75, 3.05) is 12.4 Å². The van der Waals surface area contributed by atoms with Gasteiger partial charge in [-0.25, -0.2) is 0 Å². The molecular weight excluding hydrogens is 446 g/mol. The van der Waals surface area contributed by atoms with Crippen LogP contribution in [0.3, 0.4) is 0 Å². The molecule has 4 saturated carbocycles. The molecule has 4 fully saturated rings. The number of carbonyl (C=O) groups is 1. The van der Waals surface area contributed by atoms with Gasteiger partial charge in [-0.3, -0.25) is 9.35 Å². The molecule has 6 nitrogen and oxygen atoms in total. The van der Waals surface area contributed by atoms with E-state index in [0.29, 0.717) is 25.7 Å². The highest BCUT2D eigenvalue weighted by molar-refractivity contribution is 7.85. The van der Waals surface area contributed by atoms with E-state index in [-0.39, 0.29) is 24.9 Å². The number of alkyl halides is 6. The van der Waals surface area contributed by atoms with Crippen molar-refractivity contribution in [3.63, 3.8) is 0 Å². The molecule has 30 heavy (non-hydrogen) atoms. The summed E-state index contributed by atoms with van der Waals surface area (Å²) < 4.78 is 115. The van der Waals surface area contributed by atoms with E-state index in [1.807, 2.05) is 0 Å². The van der Waals surface area contributed by atoms with Gasteiger partial charge in [0, 0.05) is 6.61 Å². The highest BCUT2D eigenvalue weighted by Crippen LogP contribution is 2.66. The minimum absolute atomic E-state index is 0.110. The molecule has 174 valence electrons. The molecule has 0 amide bonds. The van der Waals surface area contributed by atoms with Crippen molar-refractivity contribution in [2.45, 2.75) is 62.9 Å². The van der Waals surface area contributed by atoms with Crippen molar-refractivity contribution in [3.8, 4) is 0 Å². The molecule has 4 aliphatic rings. The van der Waals surface area contributed by atoms with Gasteiger partial charge < -0.3 is 9.84 Å². The summed E-state index contributed by atoms with van der Waals surface area (Å²) in [5.41, 5.74) is -6.78. The van der Waals surface area contributed by atoms with Crippen molar-refractivity contribution < 1.29 is 54.0 Å². The van der Waals surface area contributed by atoms with Crippen molar-refractivity contribution in [3.05, 3.63) is 0 Å².